The predicted molar refractivity (Wildman–Crippen MR) is 83.6 cm³/mol. The topological polar surface area (TPSA) is 12.0 Å². The molecule has 2 aromatic rings. The number of benzene rings is 1. The summed E-state index contributed by atoms with van der Waals surface area (Å²) in [4.78, 5) is 0.945. The second-order valence-corrected chi connectivity index (χ2v) is 6.36. The van der Waals surface area contributed by atoms with Gasteiger partial charge in [-0.1, -0.05) is 40.5 Å². The van der Waals surface area contributed by atoms with Gasteiger partial charge in [-0.3, -0.25) is 0 Å². The van der Waals surface area contributed by atoms with E-state index < -0.39 is 0 Å². The molecule has 0 radical (unpaired) electrons. The van der Waals surface area contributed by atoms with Crippen molar-refractivity contribution in [3.8, 4) is 0 Å². The van der Waals surface area contributed by atoms with Gasteiger partial charge in [0.2, 0.25) is 0 Å². The minimum absolute atomic E-state index is 0.219. The molecule has 0 fully saturated rings. The Bertz CT molecular complexity index is 538. The standard InChI is InChI=1S/C14H14BrClFNS/c1-2-7-18-13(14-10(16)6-8-19-14)12-9(15)4-3-5-11(12)17/h3-6,8,13,18H,2,7H2,1H3. The highest BCUT2D eigenvalue weighted by Crippen LogP contribution is 2.37. The van der Waals surface area contributed by atoms with E-state index in [1.807, 2.05) is 17.5 Å². The summed E-state index contributed by atoms with van der Waals surface area (Å²) in [5, 5.41) is 5.97. The minimum Gasteiger partial charge on any atom is -0.305 e. The van der Waals surface area contributed by atoms with E-state index in [0.29, 0.717) is 10.6 Å². The van der Waals surface area contributed by atoms with Gasteiger partial charge < -0.3 is 5.32 Å². The van der Waals surface area contributed by atoms with Crippen LogP contribution >= 0.6 is 38.9 Å². The first-order valence-electron chi connectivity index (χ1n) is 6.05. The predicted octanol–water partition coefficient (Wildman–Crippen LogP) is 5.39. The molecule has 1 atom stereocenters. The molecule has 2 rings (SSSR count). The second kappa shape index (κ2) is 6.84. The molecule has 1 heterocycles. The van der Waals surface area contributed by atoms with Gasteiger partial charge in [0.25, 0.3) is 0 Å². The lowest BCUT2D eigenvalue weighted by Crippen LogP contribution is -2.24. The maximum atomic E-state index is 14.1. The number of rotatable bonds is 5. The van der Waals surface area contributed by atoms with Crippen molar-refractivity contribution >= 4 is 38.9 Å². The molecule has 0 amide bonds. The van der Waals surface area contributed by atoms with Gasteiger partial charge in [-0.05, 0) is 36.5 Å². The molecule has 0 aliphatic heterocycles. The van der Waals surface area contributed by atoms with Crippen LogP contribution in [-0.2, 0) is 0 Å². The fourth-order valence-electron chi connectivity index (χ4n) is 1.91. The lowest BCUT2D eigenvalue weighted by atomic mass is 10.0. The van der Waals surface area contributed by atoms with Crippen LogP contribution in [0.3, 0.4) is 0 Å². The van der Waals surface area contributed by atoms with Crippen LogP contribution in [0.2, 0.25) is 5.02 Å². The van der Waals surface area contributed by atoms with Crippen molar-refractivity contribution < 1.29 is 4.39 Å². The zero-order valence-corrected chi connectivity index (χ0v) is 13.6. The van der Waals surface area contributed by atoms with Gasteiger partial charge in [-0.25, -0.2) is 4.39 Å². The molecule has 1 aromatic heterocycles. The summed E-state index contributed by atoms with van der Waals surface area (Å²) in [6, 6.07) is 6.64. The van der Waals surface area contributed by atoms with Crippen molar-refractivity contribution in [1.82, 2.24) is 5.32 Å². The first-order valence-corrected chi connectivity index (χ1v) is 8.10. The number of thiophene rings is 1. The highest BCUT2D eigenvalue weighted by molar-refractivity contribution is 9.10. The van der Waals surface area contributed by atoms with Gasteiger partial charge in [0, 0.05) is 14.9 Å². The van der Waals surface area contributed by atoms with E-state index in [-0.39, 0.29) is 11.9 Å². The van der Waals surface area contributed by atoms with Crippen LogP contribution in [0.25, 0.3) is 0 Å². The summed E-state index contributed by atoms with van der Waals surface area (Å²) in [7, 11) is 0. The van der Waals surface area contributed by atoms with Crippen LogP contribution in [0, 0.1) is 5.82 Å². The average Bonchev–Trinajstić information content (AvgIpc) is 2.79. The lowest BCUT2D eigenvalue weighted by Gasteiger charge is -2.20. The molecule has 102 valence electrons. The number of hydrogen-bond acceptors (Lipinski definition) is 2. The Morgan fingerprint density at radius 2 is 2.21 bits per heavy atom. The molecule has 0 aliphatic rings. The molecule has 0 aliphatic carbocycles. The fourth-order valence-corrected chi connectivity index (χ4v) is 3.73. The van der Waals surface area contributed by atoms with E-state index in [0.717, 1.165) is 22.3 Å². The quantitative estimate of drug-likeness (QED) is 0.751. The molecule has 0 saturated carbocycles. The van der Waals surface area contributed by atoms with Crippen molar-refractivity contribution in [2.45, 2.75) is 19.4 Å². The van der Waals surface area contributed by atoms with Crippen molar-refractivity contribution in [3.63, 3.8) is 0 Å². The number of hydrogen-bond donors (Lipinski definition) is 1. The molecule has 1 aromatic carbocycles. The molecule has 0 spiro atoms. The van der Waals surface area contributed by atoms with E-state index >= 15 is 0 Å². The molecule has 5 heteroatoms. The summed E-state index contributed by atoms with van der Waals surface area (Å²) < 4.78 is 14.9. The first kappa shape index (κ1) is 15.0. The van der Waals surface area contributed by atoms with Crippen LogP contribution in [0.5, 0.6) is 0 Å². The van der Waals surface area contributed by atoms with Crippen LogP contribution in [-0.4, -0.2) is 6.54 Å². The SMILES string of the molecule is CCCNC(c1sccc1Cl)c1c(F)cccc1Br. The van der Waals surface area contributed by atoms with Gasteiger partial charge in [0.1, 0.15) is 5.82 Å². The third kappa shape index (κ3) is 3.37. The zero-order chi connectivity index (χ0) is 13.8. The number of nitrogens with one attached hydrogen (secondary N) is 1. The highest BCUT2D eigenvalue weighted by atomic mass is 79.9. The van der Waals surface area contributed by atoms with E-state index in [9.17, 15) is 4.39 Å². The highest BCUT2D eigenvalue weighted by Gasteiger charge is 2.23. The summed E-state index contributed by atoms with van der Waals surface area (Å²) in [5.74, 6) is -0.229. The molecule has 1 N–H and O–H groups in total. The molecule has 1 nitrogen and oxygen atoms in total. The molecule has 0 saturated heterocycles. The first-order chi connectivity index (χ1) is 9.15. The number of halogens is 3. The maximum absolute atomic E-state index is 14.1. The van der Waals surface area contributed by atoms with Crippen molar-refractivity contribution in [2.75, 3.05) is 6.54 Å². The molecule has 1 unspecified atom stereocenters. The second-order valence-electron chi connectivity index (χ2n) is 4.16. The average molecular weight is 363 g/mol. The Morgan fingerprint density at radius 3 is 2.79 bits per heavy atom. The van der Waals surface area contributed by atoms with Gasteiger partial charge in [0.05, 0.1) is 11.1 Å². The molecular weight excluding hydrogens is 349 g/mol. The Kier molecular flexibility index (Phi) is 5.39. The molecule has 19 heavy (non-hydrogen) atoms. The molecule has 0 bridgehead atoms. The minimum atomic E-state index is -0.229. The van der Waals surface area contributed by atoms with Gasteiger partial charge >= 0.3 is 0 Å². The van der Waals surface area contributed by atoms with E-state index in [1.54, 1.807) is 6.07 Å². The largest absolute Gasteiger partial charge is 0.305 e. The maximum Gasteiger partial charge on any atom is 0.129 e. The third-order valence-electron chi connectivity index (χ3n) is 2.79. The van der Waals surface area contributed by atoms with E-state index in [2.05, 4.69) is 28.2 Å². The van der Waals surface area contributed by atoms with E-state index in [1.165, 1.54) is 17.4 Å². The normalized spacial score (nSPS) is 12.6. The van der Waals surface area contributed by atoms with Gasteiger partial charge in [0.15, 0.2) is 0 Å². The molecular formula is C14H14BrClFNS. The van der Waals surface area contributed by atoms with Crippen molar-refractivity contribution in [3.05, 3.63) is 55.4 Å². The Hall–Kier alpha value is -0.420. The van der Waals surface area contributed by atoms with Crippen molar-refractivity contribution in [1.29, 1.82) is 0 Å². The van der Waals surface area contributed by atoms with Gasteiger partial charge in [-0.15, -0.1) is 11.3 Å². The van der Waals surface area contributed by atoms with Crippen LogP contribution in [0.4, 0.5) is 4.39 Å². The Labute approximate surface area is 129 Å². The van der Waals surface area contributed by atoms with Crippen LogP contribution < -0.4 is 5.32 Å². The summed E-state index contributed by atoms with van der Waals surface area (Å²) in [6.07, 6.45) is 0.978. The van der Waals surface area contributed by atoms with Crippen LogP contribution in [0.1, 0.15) is 29.8 Å². The van der Waals surface area contributed by atoms with Gasteiger partial charge in [-0.2, -0.15) is 0 Å². The lowest BCUT2D eigenvalue weighted by molar-refractivity contribution is 0.549. The Balaban J connectivity index is 2.46. The van der Waals surface area contributed by atoms with Crippen LogP contribution in [0.15, 0.2) is 34.1 Å². The third-order valence-corrected chi connectivity index (χ3v) is 4.91. The summed E-state index contributed by atoms with van der Waals surface area (Å²) in [6.45, 7) is 2.89. The summed E-state index contributed by atoms with van der Waals surface area (Å²) in [5.41, 5.74) is 0.611. The fraction of sp³-hybridized carbons (Fsp3) is 0.286. The smallest absolute Gasteiger partial charge is 0.129 e. The Morgan fingerprint density at radius 1 is 1.42 bits per heavy atom. The zero-order valence-electron chi connectivity index (χ0n) is 10.4. The summed E-state index contributed by atoms with van der Waals surface area (Å²) >= 11 is 11.2. The van der Waals surface area contributed by atoms with Crippen molar-refractivity contribution in [2.24, 2.45) is 0 Å². The monoisotopic (exact) mass is 361 g/mol. The van der Waals surface area contributed by atoms with E-state index in [4.69, 9.17) is 11.6 Å².